The van der Waals surface area contributed by atoms with Crippen molar-refractivity contribution in [1.29, 1.82) is 0 Å². The molecule has 3 aromatic carbocycles. The van der Waals surface area contributed by atoms with Crippen LogP contribution in [0.5, 0.6) is 0 Å². The van der Waals surface area contributed by atoms with Crippen LogP contribution in [0.2, 0.25) is 0 Å². The molecule has 0 aliphatic heterocycles. The summed E-state index contributed by atoms with van der Waals surface area (Å²) in [6.07, 6.45) is 16.4. The van der Waals surface area contributed by atoms with Crippen LogP contribution in [-0.4, -0.2) is 0 Å². The fourth-order valence-electron chi connectivity index (χ4n) is 5.74. The second kappa shape index (κ2) is 13.6. The monoisotopic (exact) mass is 482 g/mol. The first kappa shape index (κ1) is 26.5. The van der Waals surface area contributed by atoms with Crippen molar-refractivity contribution in [2.45, 2.75) is 97.3 Å². The van der Waals surface area contributed by atoms with E-state index in [9.17, 15) is 0 Å². The second-order valence-corrected chi connectivity index (χ2v) is 10.9. The van der Waals surface area contributed by atoms with Crippen LogP contribution in [0.3, 0.4) is 0 Å². The molecule has 0 nitrogen and oxygen atoms in total. The van der Waals surface area contributed by atoms with Crippen LogP contribution in [0.4, 0.5) is 4.39 Å². The van der Waals surface area contributed by atoms with Crippen molar-refractivity contribution in [3.8, 4) is 11.8 Å². The topological polar surface area (TPSA) is 0 Å². The van der Waals surface area contributed by atoms with E-state index in [4.69, 9.17) is 0 Å². The molecule has 0 radical (unpaired) electrons. The van der Waals surface area contributed by atoms with Crippen LogP contribution in [0.15, 0.2) is 54.6 Å². The van der Waals surface area contributed by atoms with Gasteiger partial charge in [-0.3, -0.25) is 0 Å². The Labute approximate surface area is 218 Å². The lowest BCUT2D eigenvalue weighted by molar-refractivity contribution is 0.249. The van der Waals surface area contributed by atoms with Gasteiger partial charge in [0.1, 0.15) is 5.82 Å². The molecule has 0 unspecified atom stereocenters. The lowest BCUT2D eigenvalue weighted by atomic mass is 9.77. The van der Waals surface area contributed by atoms with Crippen molar-refractivity contribution in [2.75, 3.05) is 0 Å². The maximum Gasteiger partial charge on any atom is 0.134 e. The standard InChI is InChI=1S/C35H43F/c1-3-5-7-9-28-12-16-30(17-13-28)20-22-32-23-24-33-26-31(21-25-34(33)35(32)36)19-18-29-14-10-27(11-15-29)8-6-4-2/h10-11,14-15,21,23-26,28,30H,3-9,12-13,16-17,20,22H2,1-2H3. The summed E-state index contributed by atoms with van der Waals surface area (Å²) in [4.78, 5) is 0. The van der Waals surface area contributed by atoms with Gasteiger partial charge in [-0.15, -0.1) is 0 Å². The number of fused-ring (bicyclic) bond motifs is 1. The van der Waals surface area contributed by atoms with Gasteiger partial charge in [0.15, 0.2) is 0 Å². The van der Waals surface area contributed by atoms with E-state index in [1.54, 1.807) is 0 Å². The first-order valence-electron chi connectivity index (χ1n) is 14.5. The van der Waals surface area contributed by atoms with Crippen LogP contribution >= 0.6 is 0 Å². The van der Waals surface area contributed by atoms with E-state index >= 15 is 4.39 Å². The van der Waals surface area contributed by atoms with Crippen molar-refractivity contribution in [3.05, 3.63) is 82.7 Å². The van der Waals surface area contributed by atoms with Gasteiger partial charge < -0.3 is 0 Å². The van der Waals surface area contributed by atoms with Gasteiger partial charge in [0.25, 0.3) is 0 Å². The van der Waals surface area contributed by atoms with E-state index in [1.807, 2.05) is 24.3 Å². The quantitative estimate of drug-likeness (QED) is 0.199. The fourth-order valence-corrected chi connectivity index (χ4v) is 5.74. The molecule has 36 heavy (non-hydrogen) atoms. The predicted octanol–water partition coefficient (Wildman–Crippen LogP) is 10.0. The lowest BCUT2D eigenvalue weighted by Crippen LogP contribution is -2.15. The lowest BCUT2D eigenvalue weighted by Gasteiger charge is -2.28. The number of halogens is 1. The maximum absolute atomic E-state index is 15.3. The van der Waals surface area contributed by atoms with Crippen molar-refractivity contribution in [3.63, 3.8) is 0 Å². The second-order valence-electron chi connectivity index (χ2n) is 10.9. The molecule has 0 amide bonds. The zero-order valence-corrected chi connectivity index (χ0v) is 22.4. The summed E-state index contributed by atoms with van der Waals surface area (Å²) in [5.41, 5.74) is 4.19. The summed E-state index contributed by atoms with van der Waals surface area (Å²) in [6.45, 7) is 4.50. The zero-order chi connectivity index (χ0) is 25.2. The number of aryl methyl sites for hydroxylation is 2. The predicted molar refractivity (Wildman–Crippen MR) is 153 cm³/mol. The Balaban J connectivity index is 1.33. The zero-order valence-electron chi connectivity index (χ0n) is 22.4. The minimum absolute atomic E-state index is 0.0390. The molecule has 0 atom stereocenters. The molecule has 0 N–H and O–H groups in total. The van der Waals surface area contributed by atoms with E-state index in [1.165, 1.54) is 69.8 Å². The first-order chi connectivity index (χ1) is 17.7. The molecule has 1 heteroatoms. The Morgan fingerprint density at radius 2 is 1.36 bits per heavy atom. The Bertz CT molecular complexity index is 1150. The normalized spacial score (nSPS) is 17.6. The first-order valence-corrected chi connectivity index (χ1v) is 14.5. The van der Waals surface area contributed by atoms with Gasteiger partial charge in [0.05, 0.1) is 0 Å². The van der Waals surface area contributed by atoms with Gasteiger partial charge in [-0.05, 0) is 78.3 Å². The molecule has 190 valence electrons. The fraction of sp³-hybridized carbons (Fsp3) is 0.486. The molecule has 0 bridgehead atoms. The number of hydrogen-bond acceptors (Lipinski definition) is 0. The van der Waals surface area contributed by atoms with E-state index in [2.05, 4.69) is 56.0 Å². The highest BCUT2D eigenvalue weighted by molar-refractivity contribution is 5.85. The average molecular weight is 483 g/mol. The summed E-state index contributed by atoms with van der Waals surface area (Å²) < 4.78 is 15.3. The summed E-state index contributed by atoms with van der Waals surface area (Å²) in [7, 11) is 0. The van der Waals surface area contributed by atoms with Crippen LogP contribution in [-0.2, 0) is 12.8 Å². The summed E-state index contributed by atoms with van der Waals surface area (Å²) >= 11 is 0. The van der Waals surface area contributed by atoms with Crippen LogP contribution in [0, 0.1) is 29.5 Å². The number of hydrogen-bond donors (Lipinski definition) is 0. The molecular formula is C35H43F. The summed E-state index contributed by atoms with van der Waals surface area (Å²) in [6, 6.07) is 18.5. The molecule has 1 fully saturated rings. The van der Waals surface area contributed by atoms with Gasteiger partial charge in [-0.2, -0.15) is 0 Å². The van der Waals surface area contributed by atoms with Gasteiger partial charge in [0.2, 0.25) is 0 Å². The molecule has 0 spiro atoms. The highest BCUT2D eigenvalue weighted by Gasteiger charge is 2.21. The number of benzene rings is 3. The number of unbranched alkanes of at least 4 members (excludes halogenated alkanes) is 3. The smallest absolute Gasteiger partial charge is 0.134 e. The summed E-state index contributed by atoms with van der Waals surface area (Å²) in [5, 5.41) is 1.66. The Morgan fingerprint density at radius 3 is 2.08 bits per heavy atom. The third-order valence-electron chi connectivity index (χ3n) is 8.16. The number of rotatable bonds is 10. The van der Waals surface area contributed by atoms with Crippen molar-refractivity contribution < 1.29 is 4.39 Å². The SMILES string of the molecule is CCCCCC1CCC(CCc2ccc3cc(C#Cc4ccc(CCCC)cc4)ccc3c2F)CC1. The molecule has 0 heterocycles. The van der Waals surface area contributed by atoms with Crippen molar-refractivity contribution >= 4 is 10.8 Å². The van der Waals surface area contributed by atoms with Gasteiger partial charge in [-0.25, -0.2) is 4.39 Å². The molecular weight excluding hydrogens is 439 g/mol. The Morgan fingerprint density at radius 1 is 0.694 bits per heavy atom. The van der Waals surface area contributed by atoms with Gasteiger partial charge in [-0.1, -0.05) is 114 Å². The molecule has 0 aromatic heterocycles. The minimum atomic E-state index is -0.0390. The third kappa shape index (κ3) is 7.46. The van der Waals surface area contributed by atoms with E-state index in [0.717, 1.165) is 58.6 Å². The highest BCUT2D eigenvalue weighted by Crippen LogP contribution is 2.35. The third-order valence-corrected chi connectivity index (χ3v) is 8.16. The molecule has 1 aliphatic carbocycles. The van der Waals surface area contributed by atoms with Gasteiger partial charge >= 0.3 is 0 Å². The molecule has 0 saturated heterocycles. The Hall–Kier alpha value is -2.59. The van der Waals surface area contributed by atoms with Crippen molar-refractivity contribution in [1.82, 2.24) is 0 Å². The van der Waals surface area contributed by atoms with Gasteiger partial charge in [0, 0.05) is 16.5 Å². The van der Waals surface area contributed by atoms with Crippen LogP contribution in [0.25, 0.3) is 10.8 Å². The van der Waals surface area contributed by atoms with Crippen molar-refractivity contribution in [2.24, 2.45) is 11.8 Å². The average Bonchev–Trinajstić information content (AvgIpc) is 2.92. The highest BCUT2D eigenvalue weighted by atomic mass is 19.1. The van der Waals surface area contributed by atoms with Crippen LogP contribution in [0.1, 0.15) is 107 Å². The van der Waals surface area contributed by atoms with Crippen LogP contribution < -0.4 is 0 Å². The van der Waals surface area contributed by atoms with E-state index in [-0.39, 0.29) is 5.82 Å². The largest absolute Gasteiger partial charge is 0.206 e. The van der Waals surface area contributed by atoms with E-state index in [0.29, 0.717) is 0 Å². The molecule has 1 saturated carbocycles. The summed E-state index contributed by atoms with van der Waals surface area (Å²) in [5.74, 6) is 8.19. The molecule has 3 aromatic rings. The molecule has 4 rings (SSSR count). The minimum Gasteiger partial charge on any atom is -0.206 e. The molecule has 1 aliphatic rings. The maximum atomic E-state index is 15.3. The van der Waals surface area contributed by atoms with E-state index < -0.39 is 0 Å². The Kier molecular flexibility index (Phi) is 10.0.